The first-order valence-corrected chi connectivity index (χ1v) is 7.67. The van der Waals surface area contributed by atoms with Gasteiger partial charge in [0.15, 0.2) is 0 Å². The Kier molecular flexibility index (Phi) is 4.26. The van der Waals surface area contributed by atoms with Gasteiger partial charge in [-0.25, -0.2) is 0 Å². The summed E-state index contributed by atoms with van der Waals surface area (Å²) >= 11 is 0. The summed E-state index contributed by atoms with van der Waals surface area (Å²) in [6.07, 6.45) is 0.804. The number of aromatic hydroxyl groups is 2. The van der Waals surface area contributed by atoms with Crippen molar-refractivity contribution in [3.8, 4) is 17.2 Å². The Morgan fingerprint density at radius 1 is 1.04 bits per heavy atom. The summed E-state index contributed by atoms with van der Waals surface area (Å²) in [6.45, 7) is 1.39. The molecular weight excluding hydrogens is 290 g/mol. The second-order valence-corrected chi connectivity index (χ2v) is 6.05. The van der Waals surface area contributed by atoms with Gasteiger partial charge in [0, 0.05) is 24.6 Å². The van der Waals surface area contributed by atoms with E-state index in [0.29, 0.717) is 12.4 Å². The van der Waals surface area contributed by atoms with Crippen LogP contribution in [0.15, 0.2) is 48.0 Å². The Labute approximate surface area is 136 Å². The normalized spacial score (nSPS) is 14.4. The molecule has 3 rings (SSSR count). The molecule has 0 spiro atoms. The zero-order valence-electron chi connectivity index (χ0n) is 13.4. The number of phenolic OH excluding ortho intramolecular Hbond substituents is 2. The molecule has 0 unspecified atom stereocenters. The van der Waals surface area contributed by atoms with Crippen molar-refractivity contribution in [2.75, 3.05) is 27.2 Å². The van der Waals surface area contributed by atoms with Crippen LogP contribution in [0.25, 0.3) is 5.57 Å². The number of benzene rings is 2. The number of ether oxygens (including phenoxy) is 1. The van der Waals surface area contributed by atoms with Crippen LogP contribution in [0, 0.1) is 0 Å². The highest BCUT2D eigenvalue weighted by Gasteiger charge is 2.21. The van der Waals surface area contributed by atoms with Gasteiger partial charge in [-0.15, -0.1) is 0 Å². The molecule has 0 aromatic heterocycles. The molecule has 2 aromatic rings. The summed E-state index contributed by atoms with van der Waals surface area (Å²) in [4.78, 5) is 2.13. The van der Waals surface area contributed by atoms with E-state index >= 15 is 0 Å². The highest BCUT2D eigenvalue weighted by atomic mass is 16.5. The smallest absolute Gasteiger partial charge is 0.130 e. The Morgan fingerprint density at radius 2 is 1.83 bits per heavy atom. The third kappa shape index (κ3) is 3.32. The first kappa shape index (κ1) is 15.4. The molecule has 0 radical (unpaired) electrons. The van der Waals surface area contributed by atoms with Crippen molar-refractivity contribution in [3.63, 3.8) is 0 Å². The maximum Gasteiger partial charge on any atom is 0.130 e. The van der Waals surface area contributed by atoms with Crippen LogP contribution < -0.4 is 4.74 Å². The minimum absolute atomic E-state index is 0.190. The van der Waals surface area contributed by atoms with Crippen LogP contribution >= 0.6 is 0 Å². The topological polar surface area (TPSA) is 52.9 Å². The van der Waals surface area contributed by atoms with Gasteiger partial charge in [-0.2, -0.15) is 0 Å². The average molecular weight is 311 g/mol. The molecule has 0 saturated heterocycles. The van der Waals surface area contributed by atoms with Crippen LogP contribution in [0.3, 0.4) is 0 Å². The van der Waals surface area contributed by atoms with Crippen LogP contribution in [0.4, 0.5) is 0 Å². The number of rotatable bonds is 3. The third-order valence-corrected chi connectivity index (χ3v) is 3.89. The zero-order chi connectivity index (χ0) is 16.4. The van der Waals surface area contributed by atoms with Gasteiger partial charge in [0.2, 0.25) is 0 Å². The summed E-state index contributed by atoms with van der Waals surface area (Å²) < 4.78 is 5.84. The molecule has 23 heavy (non-hydrogen) atoms. The molecule has 0 amide bonds. The van der Waals surface area contributed by atoms with Crippen molar-refractivity contribution in [2.24, 2.45) is 0 Å². The Bertz CT molecular complexity index is 750. The molecule has 4 heteroatoms. The lowest BCUT2D eigenvalue weighted by Crippen LogP contribution is -2.17. The van der Waals surface area contributed by atoms with Gasteiger partial charge >= 0.3 is 0 Å². The lowest BCUT2D eigenvalue weighted by atomic mass is 9.91. The van der Waals surface area contributed by atoms with E-state index < -0.39 is 0 Å². The first-order valence-electron chi connectivity index (χ1n) is 7.67. The fraction of sp³-hybridized carbons (Fsp3) is 0.263. The molecule has 0 fully saturated rings. The minimum Gasteiger partial charge on any atom is -0.508 e. The quantitative estimate of drug-likeness (QED) is 0.913. The summed E-state index contributed by atoms with van der Waals surface area (Å²) in [5.74, 6) is 1.11. The number of fused-ring (bicyclic) bond motifs is 1. The van der Waals surface area contributed by atoms with Crippen molar-refractivity contribution in [2.45, 2.75) is 6.42 Å². The molecule has 1 aliphatic heterocycles. The number of likely N-dealkylation sites (N-methyl/N-ethyl adjacent to an activating group) is 1. The third-order valence-electron chi connectivity index (χ3n) is 3.89. The molecule has 1 aliphatic rings. The van der Waals surface area contributed by atoms with Crippen LogP contribution in [0.2, 0.25) is 0 Å². The van der Waals surface area contributed by atoms with Crippen LogP contribution in [-0.4, -0.2) is 42.4 Å². The molecule has 2 aromatic carbocycles. The van der Waals surface area contributed by atoms with Gasteiger partial charge < -0.3 is 19.8 Å². The first-order chi connectivity index (χ1) is 11.0. The standard InChI is InChI=1S/C19H21NO3/c1-20(2)12-14-8-9-23-18-11-16(22)6-7-17(18)19(14)13-4-3-5-15(21)10-13/h3-7,10-11,21-22H,8-9,12H2,1-2H3. The number of hydrogen-bond acceptors (Lipinski definition) is 4. The molecule has 0 saturated carbocycles. The minimum atomic E-state index is 0.190. The molecule has 4 nitrogen and oxygen atoms in total. The Balaban J connectivity index is 2.23. The van der Waals surface area contributed by atoms with E-state index in [4.69, 9.17) is 4.74 Å². The van der Waals surface area contributed by atoms with Gasteiger partial charge in [0.05, 0.1) is 6.61 Å². The van der Waals surface area contributed by atoms with Gasteiger partial charge in [-0.1, -0.05) is 12.1 Å². The summed E-state index contributed by atoms with van der Waals surface area (Å²) in [6, 6.07) is 12.5. The highest BCUT2D eigenvalue weighted by Crippen LogP contribution is 2.39. The lowest BCUT2D eigenvalue weighted by molar-refractivity contribution is 0.317. The van der Waals surface area contributed by atoms with Crippen molar-refractivity contribution < 1.29 is 14.9 Å². The van der Waals surface area contributed by atoms with E-state index in [1.54, 1.807) is 24.3 Å². The molecule has 0 bridgehead atoms. The highest BCUT2D eigenvalue weighted by molar-refractivity contribution is 5.86. The summed E-state index contributed by atoms with van der Waals surface area (Å²) in [5.41, 5.74) is 4.23. The predicted molar refractivity (Wildman–Crippen MR) is 90.9 cm³/mol. The van der Waals surface area contributed by atoms with Crippen molar-refractivity contribution >= 4 is 5.57 Å². The maximum atomic E-state index is 9.87. The lowest BCUT2D eigenvalue weighted by Gasteiger charge is -2.18. The van der Waals surface area contributed by atoms with Crippen LogP contribution in [-0.2, 0) is 0 Å². The van der Waals surface area contributed by atoms with Gasteiger partial charge in [-0.05, 0) is 55.1 Å². The second-order valence-electron chi connectivity index (χ2n) is 6.05. The fourth-order valence-corrected chi connectivity index (χ4v) is 3.00. The number of nitrogens with zero attached hydrogens (tertiary/aromatic N) is 1. The second kappa shape index (κ2) is 6.34. The van der Waals surface area contributed by atoms with E-state index in [9.17, 15) is 10.2 Å². The molecule has 0 atom stereocenters. The van der Waals surface area contributed by atoms with Crippen molar-refractivity contribution in [1.29, 1.82) is 0 Å². The summed E-state index contributed by atoms with van der Waals surface area (Å²) in [5, 5.41) is 19.6. The SMILES string of the molecule is CN(C)CC1=C(c2cccc(O)c2)c2ccc(O)cc2OCC1. The van der Waals surface area contributed by atoms with Crippen LogP contribution in [0.1, 0.15) is 17.5 Å². The van der Waals surface area contributed by atoms with E-state index in [0.717, 1.165) is 29.7 Å². The predicted octanol–water partition coefficient (Wildman–Crippen LogP) is 3.24. The molecule has 2 N–H and O–H groups in total. The number of phenols is 2. The molecule has 120 valence electrons. The van der Waals surface area contributed by atoms with E-state index in [2.05, 4.69) is 4.90 Å². The zero-order valence-corrected chi connectivity index (χ0v) is 13.4. The van der Waals surface area contributed by atoms with Crippen LogP contribution in [0.5, 0.6) is 17.2 Å². The van der Waals surface area contributed by atoms with Crippen molar-refractivity contribution in [3.05, 3.63) is 59.2 Å². The van der Waals surface area contributed by atoms with E-state index in [1.807, 2.05) is 32.3 Å². The molecular formula is C19H21NO3. The monoisotopic (exact) mass is 311 g/mol. The average Bonchev–Trinajstić information content (AvgIpc) is 2.65. The molecule has 1 heterocycles. The maximum absolute atomic E-state index is 9.87. The fourth-order valence-electron chi connectivity index (χ4n) is 3.00. The van der Waals surface area contributed by atoms with Gasteiger partial charge in [0.1, 0.15) is 17.2 Å². The van der Waals surface area contributed by atoms with Gasteiger partial charge in [-0.3, -0.25) is 0 Å². The van der Waals surface area contributed by atoms with E-state index in [-0.39, 0.29) is 11.5 Å². The summed E-state index contributed by atoms with van der Waals surface area (Å²) in [7, 11) is 4.08. The van der Waals surface area contributed by atoms with E-state index in [1.165, 1.54) is 5.57 Å². The Hall–Kier alpha value is -2.46. The number of hydrogen-bond donors (Lipinski definition) is 2. The molecule has 0 aliphatic carbocycles. The van der Waals surface area contributed by atoms with Gasteiger partial charge in [0.25, 0.3) is 0 Å². The van der Waals surface area contributed by atoms with Crippen molar-refractivity contribution in [1.82, 2.24) is 4.90 Å². The Morgan fingerprint density at radius 3 is 2.57 bits per heavy atom. The largest absolute Gasteiger partial charge is 0.508 e.